The normalized spacial score (nSPS) is 11.6. The lowest BCUT2D eigenvalue weighted by atomic mass is 10.5. The number of rotatable bonds is 3. The van der Waals surface area contributed by atoms with Gasteiger partial charge in [-0.2, -0.15) is 0 Å². The van der Waals surface area contributed by atoms with Gasteiger partial charge in [-0.1, -0.05) is 12.2 Å². The second-order valence-corrected chi connectivity index (χ2v) is 2.69. The first kappa shape index (κ1) is 9.58. The number of allylic oxidation sites excluding steroid dienone is 2. The molecular formula is C10H15N3. The average Bonchev–Trinajstić information content (AvgIpc) is 2.54. The highest BCUT2D eigenvalue weighted by Crippen LogP contribution is 2.00. The van der Waals surface area contributed by atoms with Crippen molar-refractivity contribution in [1.82, 2.24) is 9.66 Å². The van der Waals surface area contributed by atoms with Gasteiger partial charge in [0.2, 0.25) is 0 Å². The highest BCUT2D eigenvalue weighted by Gasteiger charge is 1.99. The zero-order valence-corrected chi connectivity index (χ0v) is 8.31. The molecule has 13 heavy (non-hydrogen) atoms. The maximum Gasteiger partial charge on any atom is 0.151 e. The van der Waals surface area contributed by atoms with E-state index in [2.05, 4.69) is 4.98 Å². The van der Waals surface area contributed by atoms with Crippen molar-refractivity contribution >= 4 is 6.08 Å². The molecule has 1 heterocycles. The summed E-state index contributed by atoms with van der Waals surface area (Å²) in [6, 6.07) is 0. The summed E-state index contributed by atoms with van der Waals surface area (Å²) < 4.78 is 1.97. The molecule has 0 radical (unpaired) electrons. The fraction of sp³-hybridized carbons (Fsp3) is 0.300. The fourth-order valence-electron chi connectivity index (χ4n) is 1.13. The molecule has 0 spiro atoms. The van der Waals surface area contributed by atoms with E-state index in [1.807, 2.05) is 61.2 Å². The number of imidazole rings is 1. The van der Waals surface area contributed by atoms with Crippen LogP contribution in [0.15, 0.2) is 30.7 Å². The van der Waals surface area contributed by atoms with Gasteiger partial charge in [-0.25, -0.2) is 9.66 Å². The van der Waals surface area contributed by atoms with Crippen LogP contribution < -0.4 is 5.01 Å². The Kier molecular flexibility index (Phi) is 3.31. The molecule has 0 unspecified atom stereocenters. The molecule has 1 aromatic rings. The van der Waals surface area contributed by atoms with E-state index in [9.17, 15) is 0 Å². The standard InChI is InChI=1S/C10H15N3/c1-4-6-10-11-7-9-13(10)12(3)8-5-2/h4-9H,1-3H3/b6-4-,8-5-. The van der Waals surface area contributed by atoms with Gasteiger partial charge in [0.25, 0.3) is 0 Å². The molecule has 0 aliphatic carbocycles. The predicted molar refractivity (Wildman–Crippen MR) is 55.9 cm³/mol. The van der Waals surface area contributed by atoms with Crippen molar-refractivity contribution in [3.8, 4) is 0 Å². The van der Waals surface area contributed by atoms with Crippen LogP contribution in [-0.4, -0.2) is 16.7 Å². The third kappa shape index (κ3) is 2.21. The van der Waals surface area contributed by atoms with Gasteiger partial charge in [0.05, 0.1) is 0 Å². The smallest absolute Gasteiger partial charge is 0.151 e. The zero-order valence-electron chi connectivity index (χ0n) is 8.31. The molecule has 0 atom stereocenters. The lowest BCUT2D eigenvalue weighted by Gasteiger charge is -2.16. The van der Waals surface area contributed by atoms with Crippen molar-refractivity contribution in [1.29, 1.82) is 0 Å². The largest absolute Gasteiger partial charge is 0.291 e. The van der Waals surface area contributed by atoms with Crippen molar-refractivity contribution in [2.75, 3.05) is 12.1 Å². The Labute approximate surface area is 79.0 Å². The molecule has 0 saturated carbocycles. The molecule has 0 aromatic carbocycles. The molecule has 3 heteroatoms. The fourth-order valence-corrected chi connectivity index (χ4v) is 1.13. The van der Waals surface area contributed by atoms with Crippen molar-refractivity contribution < 1.29 is 0 Å². The predicted octanol–water partition coefficient (Wildman–Crippen LogP) is 2.02. The van der Waals surface area contributed by atoms with E-state index in [1.54, 1.807) is 6.20 Å². The molecule has 0 saturated heterocycles. The summed E-state index contributed by atoms with van der Waals surface area (Å²) in [6.07, 6.45) is 11.6. The van der Waals surface area contributed by atoms with E-state index in [0.717, 1.165) is 5.82 Å². The molecule has 3 nitrogen and oxygen atoms in total. The number of hydrogen-bond donors (Lipinski definition) is 0. The Hall–Kier alpha value is -1.51. The molecule has 70 valence electrons. The van der Waals surface area contributed by atoms with Crippen molar-refractivity contribution in [2.45, 2.75) is 13.8 Å². The van der Waals surface area contributed by atoms with E-state index in [4.69, 9.17) is 0 Å². The summed E-state index contributed by atoms with van der Waals surface area (Å²) in [7, 11) is 1.98. The van der Waals surface area contributed by atoms with Gasteiger partial charge in [0, 0.05) is 25.6 Å². The first-order valence-corrected chi connectivity index (χ1v) is 4.31. The van der Waals surface area contributed by atoms with Gasteiger partial charge in [-0.05, 0) is 19.9 Å². The molecule has 0 bridgehead atoms. The summed E-state index contributed by atoms with van der Waals surface area (Å²) in [5, 5.41) is 1.97. The van der Waals surface area contributed by atoms with Crippen molar-refractivity contribution in [3.05, 3.63) is 36.6 Å². The minimum Gasteiger partial charge on any atom is -0.291 e. The molecule has 0 aliphatic rings. The first-order valence-electron chi connectivity index (χ1n) is 4.31. The van der Waals surface area contributed by atoms with Gasteiger partial charge < -0.3 is 0 Å². The van der Waals surface area contributed by atoms with E-state index >= 15 is 0 Å². The maximum atomic E-state index is 4.21. The Morgan fingerprint density at radius 3 is 2.77 bits per heavy atom. The molecule has 1 aromatic heterocycles. The van der Waals surface area contributed by atoms with Gasteiger partial charge in [-0.3, -0.25) is 5.01 Å². The quantitative estimate of drug-likeness (QED) is 0.704. The maximum absolute atomic E-state index is 4.21. The van der Waals surface area contributed by atoms with Crippen molar-refractivity contribution in [2.24, 2.45) is 0 Å². The molecule has 0 amide bonds. The summed E-state index contributed by atoms with van der Waals surface area (Å²) in [5.41, 5.74) is 0. The van der Waals surface area contributed by atoms with Gasteiger partial charge in [0.15, 0.2) is 5.82 Å². The highest BCUT2D eigenvalue weighted by atomic mass is 15.5. The summed E-state index contributed by atoms with van der Waals surface area (Å²) in [5.74, 6) is 0.933. The Balaban J connectivity index is 2.92. The van der Waals surface area contributed by atoms with Crippen LogP contribution in [0.1, 0.15) is 19.7 Å². The summed E-state index contributed by atoms with van der Waals surface area (Å²) >= 11 is 0. The highest BCUT2D eigenvalue weighted by molar-refractivity contribution is 5.40. The molecular weight excluding hydrogens is 162 g/mol. The minimum atomic E-state index is 0.933. The topological polar surface area (TPSA) is 21.1 Å². The van der Waals surface area contributed by atoms with Gasteiger partial charge in [0.1, 0.15) is 0 Å². The van der Waals surface area contributed by atoms with Crippen molar-refractivity contribution in [3.63, 3.8) is 0 Å². The van der Waals surface area contributed by atoms with E-state index in [-0.39, 0.29) is 0 Å². The SMILES string of the molecule is C/C=C\c1nccn1N(C)/C=C\C. The van der Waals surface area contributed by atoms with E-state index < -0.39 is 0 Å². The number of nitrogens with zero attached hydrogens (tertiary/aromatic N) is 3. The summed E-state index contributed by atoms with van der Waals surface area (Å²) in [6.45, 7) is 3.97. The molecule has 0 fully saturated rings. The van der Waals surface area contributed by atoms with Crippen LogP contribution in [0.3, 0.4) is 0 Å². The van der Waals surface area contributed by atoms with Crippen LogP contribution in [-0.2, 0) is 0 Å². The average molecular weight is 177 g/mol. The summed E-state index contributed by atoms with van der Waals surface area (Å²) in [4.78, 5) is 4.21. The van der Waals surface area contributed by atoms with Gasteiger partial charge in [-0.15, -0.1) is 0 Å². The monoisotopic (exact) mass is 177 g/mol. The van der Waals surface area contributed by atoms with Crippen LogP contribution in [0.5, 0.6) is 0 Å². The van der Waals surface area contributed by atoms with Gasteiger partial charge >= 0.3 is 0 Å². The van der Waals surface area contributed by atoms with Crippen LogP contribution in [0, 0.1) is 0 Å². The lowest BCUT2D eigenvalue weighted by Crippen LogP contribution is -2.23. The minimum absolute atomic E-state index is 0.933. The number of hydrogen-bond acceptors (Lipinski definition) is 2. The van der Waals surface area contributed by atoms with Crippen LogP contribution in [0.2, 0.25) is 0 Å². The third-order valence-corrected chi connectivity index (χ3v) is 1.67. The second-order valence-electron chi connectivity index (χ2n) is 2.69. The van der Waals surface area contributed by atoms with E-state index in [0.29, 0.717) is 0 Å². The van der Waals surface area contributed by atoms with Crippen LogP contribution in [0.4, 0.5) is 0 Å². The molecule has 0 aliphatic heterocycles. The molecule has 0 N–H and O–H groups in total. The second kappa shape index (κ2) is 4.50. The van der Waals surface area contributed by atoms with Crippen LogP contribution in [0.25, 0.3) is 6.08 Å². The van der Waals surface area contributed by atoms with E-state index in [1.165, 1.54) is 0 Å². The first-order chi connectivity index (χ1) is 6.29. The Morgan fingerprint density at radius 2 is 2.15 bits per heavy atom. The third-order valence-electron chi connectivity index (χ3n) is 1.67. The van der Waals surface area contributed by atoms with Crippen LogP contribution >= 0.6 is 0 Å². The zero-order chi connectivity index (χ0) is 9.68. The molecule has 1 rings (SSSR count). The lowest BCUT2D eigenvalue weighted by molar-refractivity contribution is 0.755. The Bertz CT molecular complexity index is 310. The Morgan fingerprint density at radius 1 is 1.38 bits per heavy atom. The number of aromatic nitrogens is 2.